The van der Waals surface area contributed by atoms with Crippen LogP contribution in [0.4, 0.5) is 11.5 Å². The summed E-state index contributed by atoms with van der Waals surface area (Å²) in [7, 11) is 0. The molecule has 1 aliphatic rings. The van der Waals surface area contributed by atoms with Crippen molar-refractivity contribution in [2.24, 2.45) is 5.73 Å². The van der Waals surface area contributed by atoms with Crippen LogP contribution in [0.25, 0.3) is 16.9 Å². The van der Waals surface area contributed by atoms with Crippen molar-refractivity contribution < 1.29 is 4.79 Å². The molecule has 1 aliphatic carbocycles. The highest BCUT2D eigenvalue weighted by Gasteiger charge is 2.08. The number of carbonyl (C=O) groups is 1. The summed E-state index contributed by atoms with van der Waals surface area (Å²) < 4.78 is 1.68. The fourth-order valence-electron chi connectivity index (χ4n) is 3.18. The Bertz CT molecular complexity index is 914. The first-order valence-corrected chi connectivity index (χ1v) is 9.27. The molecule has 4 rings (SSSR count). The van der Waals surface area contributed by atoms with E-state index >= 15 is 0 Å². The lowest BCUT2D eigenvalue weighted by Gasteiger charge is -2.15. The average Bonchev–Trinajstić information content (AvgIpc) is 3.05. The third-order valence-corrected chi connectivity index (χ3v) is 4.51. The molecule has 0 aliphatic heterocycles. The van der Waals surface area contributed by atoms with Crippen LogP contribution in [0.5, 0.6) is 0 Å². The van der Waals surface area contributed by atoms with E-state index in [4.69, 9.17) is 11.5 Å². The van der Waals surface area contributed by atoms with Crippen molar-refractivity contribution in [1.29, 1.82) is 0 Å². The maximum atomic E-state index is 11.1. The summed E-state index contributed by atoms with van der Waals surface area (Å²) in [5.74, 6) is 0.317. The van der Waals surface area contributed by atoms with Crippen molar-refractivity contribution in [1.82, 2.24) is 14.6 Å². The number of fused-ring (bicyclic) bond motifs is 1. The Hall–Kier alpha value is -2.93. The number of rotatable bonds is 2. The first kappa shape index (κ1) is 18.8. The molecule has 142 valence electrons. The highest BCUT2D eigenvalue weighted by Crippen LogP contribution is 2.23. The summed E-state index contributed by atoms with van der Waals surface area (Å²) in [6, 6.07) is 11.6. The quantitative estimate of drug-likeness (QED) is 0.645. The van der Waals surface area contributed by atoms with Gasteiger partial charge in [0.25, 0.3) is 0 Å². The number of hydrogen-bond acceptors (Lipinski definition) is 5. The molecular formula is C20H26N6O. The van der Waals surface area contributed by atoms with Gasteiger partial charge in [0.1, 0.15) is 5.82 Å². The van der Waals surface area contributed by atoms with Crippen molar-refractivity contribution in [2.45, 2.75) is 45.1 Å². The van der Waals surface area contributed by atoms with E-state index in [1.165, 1.54) is 39.0 Å². The number of nitrogens with zero attached hydrogens (tertiary/aromatic N) is 3. The van der Waals surface area contributed by atoms with Crippen LogP contribution < -0.4 is 16.8 Å². The molecule has 1 aromatic carbocycles. The maximum absolute atomic E-state index is 11.1. The normalized spacial score (nSPS) is 14.4. The van der Waals surface area contributed by atoms with Crippen LogP contribution in [0.1, 0.15) is 39.0 Å². The predicted octanol–water partition coefficient (Wildman–Crippen LogP) is 3.21. The molecule has 1 fully saturated rings. The standard InChI is InChI=1S/C14H13N5O.C6H13N/c1-9(20)17-11-4-2-3-10(7-11)12-8-16-14-6-5-13(15)18-19(12)14;7-6-4-2-1-3-5-6/h2-8H,1H3,(H2,15,18)(H,17,20);6H,1-5,7H2. The van der Waals surface area contributed by atoms with Crippen LogP contribution in [-0.4, -0.2) is 26.5 Å². The minimum absolute atomic E-state index is 0.109. The number of anilines is 2. The van der Waals surface area contributed by atoms with E-state index in [1.807, 2.05) is 30.3 Å². The van der Waals surface area contributed by atoms with Crippen molar-refractivity contribution >= 4 is 23.1 Å². The van der Waals surface area contributed by atoms with E-state index in [0.29, 0.717) is 11.9 Å². The third-order valence-electron chi connectivity index (χ3n) is 4.51. The molecule has 0 atom stereocenters. The van der Waals surface area contributed by atoms with Gasteiger partial charge in [0.2, 0.25) is 5.91 Å². The van der Waals surface area contributed by atoms with Crippen LogP contribution in [0, 0.1) is 0 Å². The van der Waals surface area contributed by atoms with Crippen LogP contribution in [-0.2, 0) is 4.79 Å². The van der Waals surface area contributed by atoms with E-state index in [1.54, 1.807) is 16.8 Å². The van der Waals surface area contributed by atoms with Gasteiger partial charge in [-0.25, -0.2) is 9.50 Å². The minimum Gasteiger partial charge on any atom is -0.382 e. The number of nitrogen functional groups attached to an aromatic ring is 1. The maximum Gasteiger partial charge on any atom is 0.221 e. The second kappa shape index (κ2) is 8.64. The number of carbonyl (C=O) groups excluding carboxylic acids is 1. The molecule has 3 aromatic rings. The van der Waals surface area contributed by atoms with Crippen LogP contribution in [0.2, 0.25) is 0 Å². The summed E-state index contributed by atoms with van der Waals surface area (Å²) in [5, 5.41) is 7.00. The van der Waals surface area contributed by atoms with Gasteiger partial charge in [0, 0.05) is 24.2 Å². The topological polar surface area (TPSA) is 111 Å². The van der Waals surface area contributed by atoms with Gasteiger partial charge in [-0.05, 0) is 37.1 Å². The van der Waals surface area contributed by atoms with E-state index in [2.05, 4.69) is 15.4 Å². The van der Waals surface area contributed by atoms with Gasteiger partial charge in [-0.2, -0.15) is 0 Å². The van der Waals surface area contributed by atoms with Crippen molar-refractivity contribution in [3.63, 3.8) is 0 Å². The number of benzene rings is 1. The lowest BCUT2D eigenvalue weighted by molar-refractivity contribution is -0.114. The second-order valence-corrected chi connectivity index (χ2v) is 6.83. The van der Waals surface area contributed by atoms with Crippen molar-refractivity contribution in [3.05, 3.63) is 42.6 Å². The summed E-state index contributed by atoms with van der Waals surface area (Å²) in [4.78, 5) is 15.4. The largest absolute Gasteiger partial charge is 0.382 e. The zero-order chi connectivity index (χ0) is 19.2. The second-order valence-electron chi connectivity index (χ2n) is 6.83. The van der Waals surface area contributed by atoms with Crippen LogP contribution in [0.3, 0.4) is 0 Å². The third kappa shape index (κ3) is 5.04. The Morgan fingerprint density at radius 1 is 1.19 bits per heavy atom. The van der Waals surface area contributed by atoms with Gasteiger partial charge in [-0.1, -0.05) is 31.4 Å². The highest BCUT2D eigenvalue weighted by atomic mass is 16.1. The molecule has 0 unspecified atom stereocenters. The molecule has 0 spiro atoms. The molecule has 0 radical (unpaired) electrons. The van der Waals surface area contributed by atoms with Gasteiger partial charge < -0.3 is 16.8 Å². The van der Waals surface area contributed by atoms with Gasteiger partial charge in [0.15, 0.2) is 5.65 Å². The van der Waals surface area contributed by atoms with Gasteiger partial charge in [-0.3, -0.25) is 4.79 Å². The molecule has 1 saturated carbocycles. The lowest BCUT2D eigenvalue weighted by Crippen LogP contribution is -2.22. The molecule has 7 heteroatoms. The molecular weight excluding hydrogens is 340 g/mol. The Balaban J connectivity index is 0.000000253. The van der Waals surface area contributed by atoms with Gasteiger partial charge in [0.05, 0.1) is 11.9 Å². The first-order chi connectivity index (χ1) is 13.0. The lowest BCUT2D eigenvalue weighted by atomic mass is 9.97. The number of amides is 1. The molecule has 27 heavy (non-hydrogen) atoms. The molecule has 2 heterocycles. The fourth-order valence-corrected chi connectivity index (χ4v) is 3.18. The Morgan fingerprint density at radius 3 is 2.63 bits per heavy atom. The zero-order valence-electron chi connectivity index (χ0n) is 15.6. The summed E-state index contributed by atoms with van der Waals surface area (Å²) in [5.41, 5.74) is 14.5. The van der Waals surface area contributed by atoms with Gasteiger partial charge >= 0.3 is 0 Å². The zero-order valence-corrected chi connectivity index (χ0v) is 15.6. The average molecular weight is 366 g/mol. The SMILES string of the molecule is CC(=O)Nc1cccc(-c2cnc3ccc(N)nn23)c1.NC1CCCCC1. The molecule has 0 bridgehead atoms. The number of hydrogen-bond donors (Lipinski definition) is 3. The first-order valence-electron chi connectivity index (χ1n) is 9.27. The molecule has 2 aromatic heterocycles. The van der Waals surface area contributed by atoms with E-state index < -0.39 is 0 Å². The fraction of sp³-hybridized carbons (Fsp3) is 0.350. The predicted molar refractivity (Wildman–Crippen MR) is 108 cm³/mol. The number of imidazole rings is 1. The van der Waals surface area contributed by atoms with Gasteiger partial charge in [-0.15, -0.1) is 5.10 Å². The molecule has 1 amide bonds. The van der Waals surface area contributed by atoms with E-state index in [9.17, 15) is 4.79 Å². The van der Waals surface area contributed by atoms with Crippen molar-refractivity contribution in [2.75, 3.05) is 11.1 Å². The van der Waals surface area contributed by atoms with E-state index in [-0.39, 0.29) is 5.91 Å². The van der Waals surface area contributed by atoms with Crippen LogP contribution in [0.15, 0.2) is 42.6 Å². The summed E-state index contributed by atoms with van der Waals surface area (Å²) in [6.45, 7) is 1.48. The van der Waals surface area contributed by atoms with Crippen molar-refractivity contribution in [3.8, 4) is 11.3 Å². The molecule has 0 saturated heterocycles. The Morgan fingerprint density at radius 2 is 1.96 bits per heavy atom. The molecule has 5 N–H and O–H groups in total. The number of aromatic nitrogens is 3. The van der Waals surface area contributed by atoms with Crippen LogP contribution >= 0.6 is 0 Å². The number of nitrogens with one attached hydrogen (secondary N) is 1. The number of nitrogens with two attached hydrogens (primary N) is 2. The van der Waals surface area contributed by atoms with E-state index in [0.717, 1.165) is 22.6 Å². The Labute approximate surface area is 158 Å². The summed E-state index contributed by atoms with van der Waals surface area (Å²) >= 11 is 0. The summed E-state index contributed by atoms with van der Waals surface area (Å²) in [6.07, 6.45) is 8.39. The molecule has 7 nitrogen and oxygen atoms in total. The Kier molecular flexibility index (Phi) is 6.03. The highest BCUT2D eigenvalue weighted by molar-refractivity contribution is 5.89. The monoisotopic (exact) mass is 366 g/mol. The minimum atomic E-state index is -0.109. The smallest absolute Gasteiger partial charge is 0.221 e.